The molecule has 1 amide bonds. The van der Waals surface area contributed by atoms with Crippen molar-refractivity contribution in [3.63, 3.8) is 0 Å². The third-order valence-electron chi connectivity index (χ3n) is 6.96. The molecule has 1 aliphatic carbocycles. The second kappa shape index (κ2) is 10.2. The minimum atomic E-state index is -3.78. The van der Waals surface area contributed by atoms with E-state index in [0.717, 1.165) is 56.4 Å². The van der Waals surface area contributed by atoms with E-state index in [0.29, 0.717) is 17.2 Å². The summed E-state index contributed by atoms with van der Waals surface area (Å²) >= 11 is 0. The van der Waals surface area contributed by atoms with Crippen LogP contribution in [-0.2, 0) is 10.0 Å². The van der Waals surface area contributed by atoms with Gasteiger partial charge in [-0.25, -0.2) is 8.42 Å². The van der Waals surface area contributed by atoms with Crippen molar-refractivity contribution < 1.29 is 13.2 Å². The molecule has 33 heavy (non-hydrogen) atoms. The van der Waals surface area contributed by atoms with Gasteiger partial charge in [-0.2, -0.15) is 0 Å². The Bertz CT molecular complexity index is 1080. The van der Waals surface area contributed by atoms with Gasteiger partial charge in [-0.05, 0) is 75.3 Å². The Labute approximate surface area is 197 Å². The normalized spacial score (nSPS) is 21.5. The molecule has 2 aromatic carbocycles. The molecule has 2 fully saturated rings. The molecule has 6 nitrogen and oxygen atoms in total. The second-order valence-electron chi connectivity index (χ2n) is 9.54. The highest BCUT2D eigenvalue weighted by atomic mass is 32.2. The lowest BCUT2D eigenvalue weighted by Gasteiger charge is -2.31. The van der Waals surface area contributed by atoms with Gasteiger partial charge in [0.25, 0.3) is 15.9 Å². The first-order chi connectivity index (χ1) is 15.8. The summed E-state index contributed by atoms with van der Waals surface area (Å²) in [5, 5.41) is 3.18. The van der Waals surface area contributed by atoms with Gasteiger partial charge >= 0.3 is 0 Å². The fraction of sp³-hybridized carbons (Fsp3) is 0.500. The topological polar surface area (TPSA) is 78.5 Å². The van der Waals surface area contributed by atoms with Crippen molar-refractivity contribution in [3.05, 3.63) is 53.6 Å². The molecule has 2 aliphatic rings. The van der Waals surface area contributed by atoms with Crippen molar-refractivity contribution in [1.29, 1.82) is 0 Å². The van der Waals surface area contributed by atoms with Crippen LogP contribution in [0.2, 0.25) is 0 Å². The maximum absolute atomic E-state index is 13.2. The Hall–Kier alpha value is -2.54. The van der Waals surface area contributed by atoms with Gasteiger partial charge in [-0.1, -0.05) is 37.5 Å². The number of carbonyl (C=O) groups is 1. The van der Waals surface area contributed by atoms with E-state index in [-0.39, 0.29) is 16.8 Å². The molecule has 0 spiro atoms. The molecule has 0 unspecified atom stereocenters. The predicted molar refractivity (Wildman–Crippen MR) is 133 cm³/mol. The van der Waals surface area contributed by atoms with Crippen molar-refractivity contribution in [1.82, 2.24) is 5.32 Å². The maximum atomic E-state index is 13.2. The van der Waals surface area contributed by atoms with Crippen molar-refractivity contribution in [3.8, 4) is 0 Å². The molecule has 0 aromatic heterocycles. The Morgan fingerprint density at radius 3 is 2.33 bits per heavy atom. The third-order valence-corrected chi connectivity index (χ3v) is 8.34. The lowest BCUT2D eigenvalue weighted by atomic mass is 9.86. The molecule has 2 N–H and O–H groups in total. The third kappa shape index (κ3) is 5.69. The average Bonchev–Trinajstić information content (AvgIpc) is 2.81. The van der Waals surface area contributed by atoms with Crippen LogP contribution in [0.1, 0.15) is 67.8 Å². The summed E-state index contributed by atoms with van der Waals surface area (Å²) in [6.07, 6.45) is 7.79. The van der Waals surface area contributed by atoms with Crippen LogP contribution >= 0.6 is 0 Å². The zero-order valence-electron chi connectivity index (χ0n) is 19.6. The van der Waals surface area contributed by atoms with E-state index < -0.39 is 10.0 Å². The fourth-order valence-electron chi connectivity index (χ4n) is 4.87. The fourth-order valence-corrected chi connectivity index (χ4v) is 5.94. The number of hydrogen-bond donors (Lipinski definition) is 2. The quantitative estimate of drug-likeness (QED) is 0.617. The number of sulfonamides is 1. The number of nitrogens with one attached hydrogen (secondary N) is 2. The lowest BCUT2D eigenvalue weighted by molar-refractivity contribution is 0.0910. The largest absolute Gasteiger partial charge is 0.370 e. The van der Waals surface area contributed by atoms with Crippen LogP contribution in [0.3, 0.4) is 0 Å². The van der Waals surface area contributed by atoms with Crippen LogP contribution in [0.25, 0.3) is 0 Å². The van der Waals surface area contributed by atoms with E-state index in [1.807, 2.05) is 19.1 Å². The zero-order valence-corrected chi connectivity index (χ0v) is 20.5. The van der Waals surface area contributed by atoms with Crippen LogP contribution in [0, 0.1) is 12.8 Å². The second-order valence-corrected chi connectivity index (χ2v) is 11.2. The Morgan fingerprint density at radius 1 is 0.939 bits per heavy atom. The summed E-state index contributed by atoms with van der Waals surface area (Å²) in [5.74, 6) is 0.310. The van der Waals surface area contributed by atoms with E-state index >= 15 is 0 Å². The molecule has 1 heterocycles. The van der Waals surface area contributed by atoms with Crippen molar-refractivity contribution in [2.24, 2.45) is 5.92 Å². The molecular formula is C26H35N3O3S. The number of rotatable bonds is 6. The number of benzene rings is 2. The first-order valence-electron chi connectivity index (χ1n) is 12.1. The predicted octanol–water partition coefficient (Wildman–Crippen LogP) is 5.09. The van der Waals surface area contributed by atoms with E-state index in [1.165, 1.54) is 12.8 Å². The number of amides is 1. The standard InChI is InChI=1S/C26H35N3O3S/c1-19-10-13-22(14-11-19)33(31,32)28-24-18-21(12-15-25(24)29-16-6-3-7-17-29)26(30)27-23-9-5-4-8-20(23)2/h10-15,18,20,23,28H,3-9,16-17H2,1-2H3,(H,27,30)/t20-,23+/m0/s1. The number of anilines is 2. The van der Waals surface area contributed by atoms with Gasteiger partial charge < -0.3 is 10.2 Å². The summed E-state index contributed by atoms with van der Waals surface area (Å²) in [4.78, 5) is 15.5. The molecule has 178 valence electrons. The summed E-state index contributed by atoms with van der Waals surface area (Å²) in [5.41, 5.74) is 2.77. The van der Waals surface area contributed by atoms with Crippen LogP contribution in [0.15, 0.2) is 47.4 Å². The Kier molecular flexibility index (Phi) is 7.27. The molecule has 7 heteroatoms. The first-order valence-corrected chi connectivity index (χ1v) is 13.6. The van der Waals surface area contributed by atoms with Gasteiger partial charge in [0.15, 0.2) is 0 Å². The Balaban J connectivity index is 1.63. The molecular weight excluding hydrogens is 434 g/mol. The maximum Gasteiger partial charge on any atom is 0.261 e. The molecule has 1 saturated carbocycles. The van der Waals surface area contributed by atoms with Gasteiger partial charge in [0.1, 0.15) is 0 Å². The van der Waals surface area contributed by atoms with E-state index in [4.69, 9.17) is 0 Å². The molecule has 0 radical (unpaired) electrons. The SMILES string of the molecule is Cc1ccc(S(=O)(=O)Nc2cc(C(=O)N[C@@H]3CCCC[C@@H]3C)ccc2N2CCCCC2)cc1. The smallest absolute Gasteiger partial charge is 0.261 e. The molecule has 0 bridgehead atoms. The van der Waals surface area contributed by atoms with Crippen LogP contribution in [-0.4, -0.2) is 33.5 Å². The highest BCUT2D eigenvalue weighted by Crippen LogP contribution is 2.32. The van der Waals surface area contributed by atoms with Gasteiger partial charge in [-0.3, -0.25) is 9.52 Å². The first kappa shape index (κ1) is 23.6. The molecule has 2 atom stereocenters. The number of piperidine rings is 1. The van der Waals surface area contributed by atoms with Gasteiger partial charge in [-0.15, -0.1) is 0 Å². The average molecular weight is 470 g/mol. The number of aryl methyl sites for hydroxylation is 1. The summed E-state index contributed by atoms with van der Waals surface area (Å²) < 4.78 is 29.1. The minimum absolute atomic E-state index is 0.144. The lowest BCUT2D eigenvalue weighted by Crippen LogP contribution is -2.41. The van der Waals surface area contributed by atoms with Crippen LogP contribution in [0.4, 0.5) is 11.4 Å². The Morgan fingerprint density at radius 2 is 1.64 bits per heavy atom. The van der Waals surface area contributed by atoms with E-state index in [2.05, 4.69) is 21.9 Å². The number of nitrogens with zero attached hydrogens (tertiary/aromatic N) is 1. The minimum Gasteiger partial charge on any atom is -0.370 e. The molecule has 4 rings (SSSR count). The van der Waals surface area contributed by atoms with Gasteiger partial charge in [0, 0.05) is 24.7 Å². The zero-order chi connectivity index (χ0) is 23.4. The summed E-state index contributed by atoms with van der Waals surface area (Å²) in [6.45, 7) is 5.87. The van der Waals surface area contributed by atoms with Crippen molar-refractivity contribution >= 4 is 27.3 Å². The molecule has 1 aliphatic heterocycles. The molecule has 1 saturated heterocycles. The van der Waals surface area contributed by atoms with Crippen molar-refractivity contribution in [2.75, 3.05) is 22.7 Å². The van der Waals surface area contributed by atoms with Crippen LogP contribution < -0.4 is 14.9 Å². The monoisotopic (exact) mass is 469 g/mol. The van der Waals surface area contributed by atoms with E-state index in [9.17, 15) is 13.2 Å². The van der Waals surface area contributed by atoms with Gasteiger partial charge in [0.2, 0.25) is 0 Å². The summed E-state index contributed by atoms with van der Waals surface area (Å²) in [6, 6.07) is 12.4. The van der Waals surface area contributed by atoms with Gasteiger partial charge in [0.05, 0.1) is 16.3 Å². The highest BCUT2D eigenvalue weighted by molar-refractivity contribution is 7.92. The highest BCUT2D eigenvalue weighted by Gasteiger charge is 2.25. The number of carbonyl (C=O) groups excluding carboxylic acids is 1. The van der Waals surface area contributed by atoms with E-state index in [1.54, 1.807) is 30.3 Å². The summed E-state index contributed by atoms with van der Waals surface area (Å²) in [7, 11) is -3.78. The number of hydrogen-bond acceptors (Lipinski definition) is 4. The van der Waals surface area contributed by atoms with Crippen LogP contribution in [0.5, 0.6) is 0 Å². The van der Waals surface area contributed by atoms with Crippen molar-refractivity contribution in [2.45, 2.75) is 69.7 Å². The molecule has 2 aromatic rings.